The number of rotatable bonds is 3. The van der Waals surface area contributed by atoms with Crippen LogP contribution < -0.4 is 5.73 Å². The predicted molar refractivity (Wildman–Crippen MR) is 78.4 cm³/mol. The second-order valence-electron chi connectivity index (χ2n) is 5.82. The van der Waals surface area contributed by atoms with Crippen molar-refractivity contribution in [2.24, 2.45) is 11.1 Å². The van der Waals surface area contributed by atoms with E-state index in [-0.39, 0.29) is 0 Å². The highest BCUT2D eigenvalue weighted by atomic mass is 32.1. The molecular weight excluding hydrogens is 242 g/mol. The zero-order valence-electron chi connectivity index (χ0n) is 11.1. The lowest BCUT2D eigenvalue weighted by molar-refractivity contribution is 0.127. The van der Waals surface area contributed by atoms with E-state index >= 15 is 0 Å². The van der Waals surface area contributed by atoms with E-state index in [1.165, 1.54) is 12.8 Å². The summed E-state index contributed by atoms with van der Waals surface area (Å²) in [4.78, 5) is 7.13. The Morgan fingerprint density at radius 1 is 1.44 bits per heavy atom. The lowest BCUT2D eigenvalue weighted by Crippen LogP contribution is -2.37. The van der Waals surface area contributed by atoms with E-state index in [1.807, 2.05) is 6.07 Å². The molecule has 3 nitrogen and oxygen atoms in total. The van der Waals surface area contributed by atoms with Crippen molar-refractivity contribution in [1.82, 2.24) is 9.88 Å². The van der Waals surface area contributed by atoms with Gasteiger partial charge in [-0.2, -0.15) is 0 Å². The number of hydrogen-bond donors (Lipinski definition) is 1. The third kappa shape index (κ3) is 3.27. The van der Waals surface area contributed by atoms with E-state index in [4.69, 9.17) is 18.0 Å². The van der Waals surface area contributed by atoms with E-state index in [0.717, 1.165) is 30.9 Å². The van der Waals surface area contributed by atoms with Crippen molar-refractivity contribution in [3.63, 3.8) is 0 Å². The maximum Gasteiger partial charge on any atom is 0.123 e. The Hall–Kier alpha value is -1.00. The number of likely N-dealkylation sites (tertiary alicyclic amines) is 1. The molecule has 18 heavy (non-hydrogen) atoms. The molecule has 98 valence electrons. The van der Waals surface area contributed by atoms with Crippen molar-refractivity contribution in [3.8, 4) is 0 Å². The number of hydrogen-bond acceptors (Lipinski definition) is 3. The minimum Gasteiger partial charge on any atom is -0.388 e. The molecular formula is C14H21N3S. The van der Waals surface area contributed by atoms with Gasteiger partial charge in [0.25, 0.3) is 0 Å². The Bertz CT molecular complexity index is 432. The van der Waals surface area contributed by atoms with Crippen LogP contribution in [0.3, 0.4) is 0 Å². The molecule has 1 aliphatic heterocycles. The van der Waals surface area contributed by atoms with Gasteiger partial charge in [-0.15, -0.1) is 0 Å². The Morgan fingerprint density at radius 2 is 2.11 bits per heavy atom. The van der Waals surface area contributed by atoms with Crippen molar-refractivity contribution < 1.29 is 0 Å². The molecule has 4 heteroatoms. The van der Waals surface area contributed by atoms with E-state index in [1.54, 1.807) is 6.20 Å². The maximum atomic E-state index is 5.71. The largest absolute Gasteiger partial charge is 0.388 e. The van der Waals surface area contributed by atoms with E-state index < -0.39 is 0 Å². The van der Waals surface area contributed by atoms with Crippen LogP contribution in [0.25, 0.3) is 0 Å². The third-order valence-corrected chi connectivity index (χ3v) is 3.92. The molecule has 1 aliphatic rings. The smallest absolute Gasteiger partial charge is 0.123 e. The first-order valence-electron chi connectivity index (χ1n) is 6.44. The van der Waals surface area contributed by atoms with Gasteiger partial charge in [-0.1, -0.05) is 32.1 Å². The SMILES string of the molecule is CC1(C)CCN(Cc2cccnc2C(N)=S)CC1. The summed E-state index contributed by atoms with van der Waals surface area (Å²) >= 11 is 5.05. The van der Waals surface area contributed by atoms with Gasteiger partial charge in [0.15, 0.2) is 0 Å². The Morgan fingerprint density at radius 3 is 2.72 bits per heavy atom. The molecule has 0 aromatic carbocycles. The Kier molecular flexibility index (Phi) is 3.97. The fraction of sp³-hybridized carbons (Fsp3) is 0.571. The van der Waals surface area contributed by atoms with Gasteiger partial charge in [0.2, 0.25) is 0 Å². The molecule has 0 bridgehead atoms. The zero-order valence-corrected chi connectivity index (χ0v) is 12.0. The van der Waals surface area contributed by atoms with Gasteiger partial charge in [-0.05, 0) is 43.0 Å². The van der Waals surface area contributed by atoms with E-state index in [9.17, 15) is 0 Å². The minimum absolute atomic E-state index is 0.392. The summed E-state index contributed by atoms with van der Waals surface area (Å²) < 4.78 is 0. The van der Waals surface area contributed by atoms with Gasteiger partial charge >= 0.3 is 0 Å². The van der Waals surface area contributed by atoms with Crippen LogP contribution in [0.2, 0.25) is 0 Å². The highest BCUT2D eigenvalue weighted by molar-refractivity contribution is 7.80. The highest BCUT2D eigenvalue weighted by Gasteiger charge is 2.25. The average Bonchev–Trinajstić information content (AvgIpc) is 2.32. The summed E-state index contributed by atoms with van der Waals surface area (Å²) in [7, 11) is 0. The standard InChI is InChI=1S/C14H21N3S/c1-14(2)5-8-17(9-6-14)10-11-4-3-7-16-12(11)13(15)18/h3-4,7H,5-6,8-10H2,1-2H3,(H2,15,18). The fourth-order valence-electron chi connectivity index (χ4n) is 2.35. The fourth-order valence-corrected chi connectivity index (χ4v) is 2.53. The maximum absolute atomic E-state index is 5.71. The number of nitrogens with two attached hydrogens (primary N) is 1. The lowest BCUT2D eigenvalue weighted by Gasteiger charge is -2.37. The second-order valence-corrected chi connectivity index (χ2v) is 6.26. The highest BCUT2D eigenvalue weighted by Crippen LogP contribution is 2.30. The monoisotopic (exact) mass is 263 g/mol. The van der Waals surface area contributed by atoms with Crippen molar-refractivity contribution in [1.29, 1.82) is 0 Å². The molecule has 0 saturated carbocycles. The van der Waals surface area contributed by atoms with Crippen LogP contribution in [0.1, 0.15) is 37.9 Å². The van der Waals surface area contributed by atoms with Crippen LogP contribution in [-0.2, 0) is 6.54 Å². The molecule has 1 fully saturated rings. The number of nitrogens with zero attached hydrogens (tertiary/aromatic N) is 2. The molecule has 1 aromatic heterocycles. The Labute approximate surface area is 114 Å². The summed E-state index contributed by atoms with van der Waals surface area (Å²) in [5.74, 6) is 0. The van der Waals surface area contributed by atoms with E-state index in [2.05, 4.69) is 29.8 Å². The number of piperidine rings is 1. The van der Waals surface area contributed by atoms with Gasteiger partial charge in [-0.3, -0.25) is 9.88 Å². The van der Waals surface area contributed by atoms with Crippen molar-refractivity contribution >= 4 is 17.2 Å². The first kappa shape index (κ1) is 13.4. The summed E-state index contributed by atoms with van der Waals surface area (Å²) in [5.41, 5.74) is 8.12. The molecule has 0 aliphatic carbocycles. The van der Waals surface area contributed by atoms with Gasteiger partial charge < -0.3 is 5.73 Å². The number of pyridine rings is 1. The normalized spacial score (nSPS) is 19.7. The average molecular weight is 263 g/mol. The molecule has 0 radical (unpaired) electrons. The topological polar surface area (TPSA) is 42.2 Å². The quantitative estimate of drug-likeness (QED) is 0.850. The van der Waals surface area contributed by atoms with Gasteiger partial charge in [0.1, 0.15) is 10.7 Å². The van der Waals surface area contributed by atoms with Crippen molar-refractivity contribution in [2.75, 3.05) is 13.1 Å². The molecule has 2 rings (SSSR count). The summed E-state index contributed by atoms with van der Waals surface area (Å²) in [6.45, 7) is 7.86. The van der Waals surface area contributed by atoms with Crippen molar-refractivity contribution in [3.05, 3.63) is 29.6 Å². The molecule has 0 amide bonds. The van der Waals surface area contributed by atoms with Crippen molar-refractivity contribution in [2.45, 2.75) is 33.2 Å². The van der Waals surface area contributed by atoms with Crippen LogP contribution in [0, 0.1) is 5.41 Å². The second kappa shape index (κ2) is 5.33. The number of thiocarbonyl (C=S) groups is 1. The van der Waals surface area contributed by atoms with E-state index in [0.29, 0.717) is 10.4 Å². The third-order valence-electron chi connectivity index (χ3n) is 3.73. The summed E-state index contributed by atoms with van der Waals surface area (Å²) in [6.07, 6.45) is 4.24. The first-order valence-corrected chi connectivity index (χ1v) is 6.85. The molecule has 2 N–H and O–H groups in total. The molecule has 1 saturated heterocycles. The minimum atomic E-state index is 0.392. The molecule has 0 unspecified atom stereocenters. The van der Waals surface area contributed by atoms with Crippen LogP contribution in [0.15, 0.2) is 18.3 Å². The molecule has 0 atom stereocenters. The summed E-state index contributed by atoms with van der Waals surface area (Å²) in [5, 5.41) is 0. The van der Waals surface area contributed by atoms with Crippen LogP contribution in [-0.4, -0.2) is 28.0 Å². The Balaban J connectivity index is 2.04. The van der Waals surface area contributed by atoms with Gasteiger partial charge in [0, 0.05) is 12.7 Å². The van der Waals surface area contributed by atoms with Crippen LogP contribution in [0.4, 0.5) is 0 Å². The molecule has 0 spiro atoms. The van der Waals surface area contributed by atoms with Crippen LogP contribution >= 0.6 is 12.2 Å². The zero-order chi connectivity index (χ0) is 13.2. The van der Waals surface area contributed by atoms with Crippen LogP contribution in [0.5, 0.6) is 0 Å². The predicted octanol–water partition coefficient (Wildman–Crippen LogP) is 2.34. The van der Waals surface area contributed by atoms with Gasteiger partial charge in [0.05, 0.1) is 0 Å². The van der Waals surface area contributed by atoms with Gasteiger partial charge in [-0.25, -0.2) is 0 Å². The number of aromatic nitrogens is 1. The first-order chi connectivity index (χ1) is 8.48. The molecule has 2 heterocycles. The molecule has 1 aromatic rings. The summed E-state index contributed by atoms with van der Waals surface area (Å²) in [6, 6.07) is 4.02. The lowest BCUT2D eigenvalue weighted by atomic mass is 9.82.